The van der Waals surface area contributed by atoms with E-state index >= 15 is 0 Å². The minimum Gasteiger partial charge on any atom is -0.352 e. The van der Waals surface area contributed by atoms with Gasteiger partial charge < -0.3 is 10.6 Å². The summed E-state index contributed by atoms with van der Waals surface area (Å²) in [5.41, 5.74) is 0.866. The molecule has 1 unspecified atom stereocenters. The first kappa shape index (κ1) is 17.9. The molecule has 1 aromatic heterocycles. The lowest BCUT2D eigenvalue weighted by Crippen LogP contribution is -2.46. The van der Waals surface area contributed by atoms with Crippen LogP contribution in [0.15, 0.2) is 23.2 Å². The Bertz CT molecular complexity index is 850. The van der Waals surface area contributed by atoms with Gasteiger partial charge in [-0.1, -0.05) is 6.92 Å². The molecule has 0 radical (unpaired) electrons. The van der Waals surface area contributed by atoms with E-state index in [1.165, 1.54) is 12.1 Å². The van der Waals surface area contributed by atoms with Gasteiger partial charge >= 0.3 is 0 Å². The number of halogens is 1. The SMILES string of the molecule is CCc1nc2n(n1)CC(NC(=NC)NCc1cc(C#N)ccc1F)CC2. The van der Waals surface area contributed by atoms with Crippen LogP contribution >= 0.6 is 0 Å². The zero-order valence-corrected chi connectivity index (χ0v) is 15.0. The van der Waals surface area contributed by atoms with Crippen molar-refractivity contribution in [1.82, 2.24) is 25.4 Å². The van der Waals surface area contributed by atoms with E-state index < -0.39 is 0 Å². The molecule has 8 heteroatoms. The van der Waals surface area contributed by atoms with Gasteiger partial charge in [0.1, 0.15) is 11.6 Å². The second-order valence-corrected chi connectivity index (χ2v) is 6.20. The molecule has 0 bridgehead atoms. The van der Waals surface area contributed by atoms with Crippen molar-refractivity contribution in [1.29, 1.82) is 5.26 Å². The topological polar surface area (TPSA) is 90.9 Å². The first-order valence-electron chi connectivity index (χ1n) is 8.71. The first-order chi connectivity index (χ1) is 12.6. The lowest BCUT2D eigenvalue weighted by atomic mass is 10.1. The standard InChI is InChI=1S/C18H22FN7/c1-3-16-24-17-7-5-14(11-26(17)25-16)23-18(21-2)22-10-13-8-12(9-20)4-6-15(13)19/h4,6,8,14H,3,5,7,10-11H2,1-2H3,(H2,21,22,23). The molecule has 1 aromatic carbocycles. The van der Waals surface area contributed by atoms with Crippen molar-refractivity contribution >= 4 is 5.96 Å². The highest BCUT2D eigenvalue weighted by Crippen LogP contribution is 2.14. The number of guanidine groups is 1. The van der Waals surface area contributed by atoms with E-state index in [0.717, 1.165) is 37.5 Å². The van der Waals surface area contributed by atoms with Crippen LogP contribution in [0.5, 0.6) is 0 Å². The van der Waals surface area contributed by atoms with Gasteiger partial charge in [0.05, 0.1) is 18.2 Å². The van der Waals surface area contributed by atoms with Crippen LogP contribution in [0.25, 0.3) is 0 Å². The Morgan fingerprint density at radius 2 is 2.35 bits per heavy atom. The number of hydrogen-bond donors (Lipinski definition) is 2. The van der Waals surface area contributed by atoms with Crippen LogP contribution in [0.1, 0.15) is 36.1 Å². The fraction of sp³-hybridized carbons (Fsp3) is 0.444. The molecule has 2 heterocycles. The van der Waals surface area contributed by atoms with E-state index in [0.29, 0.717) is 17.1 Å². The number of nitriles is 1. The molecule has 0 amide bonds. The third-order valence-corrected chi connectivity index (χ3v) is 4.40. The molecule has 0 spiro atoms. The number of aryl methyl sites for hydroxylation is 2. The van der Waals surface area contributed by atoms with Crippen LogP contribution in [0, 0.1) is 17.1 Å². The summed E-state index contributed by atoms with van der Waals surface area (Å²) in [7, 11) is 1.68. The average molecular weight is 355 g/mol. The molecular weight excluding hydrogens is 333 g/mol. The minimum atomic E-state index is -0.344. The minimum absolute atomic E-state index is 0.176. The quantitative estimate of drug-likeness (QED) is 0.641. The van der Waals surface area contributed by atoms with Crippen LogP contribution in [0.2, 0.25) is 0 Å². The molecule has 1 aliphatic rings. The van der Waals surface area contributed by atoms with E-state index in [-0.39, 0.29) is 18.4 Å². The monoisotopic (exact) mass is 355 g/mol. The fourth-order valence-electron chi connectivity index (χ4n) is 2.97. The van der Waals surface area contributed by atoms with Gasteiger partial charge in [-0.05, 0) is 24.6 Å². The van der Waals surface area contributed by atoms with Crippen LogP contribution in [0.3, 0.4) is 0 Å². The summed E-state index contributed by atoms with van der Waals surface area (Å²) in [4.78, 5) is 8.72. The molecule has 2 aromatic rings. The Kier molecular flexibility index (Phi) is 5.46. The van der Waals surface area contributed by atoms with E-state index in [1.807, 2.05) is 17.7 Å². The Morgan fingerprint density at radius 3 is 3.08 bits per heavy atom. The lowest BCUT2D eigenvalue weighted by molar-refractivity contribution is 0.392. The normalized spacial score (nSPS) is 16.7. The fourth-order valence-corrected chi connectivity index (χ4v) is 2.97. The number of nitrogens with one attached hydrogen (secondary N) is 2. The zero-order valence-electron chi connectivity index (χ0n) is 15.0. The molecule has 3 rings (SSSR count). The van der Waals surface area contributed by atoms with Crippen molar-refractivity contribution in [3.8, 4) is 6.07 Å². The summed E-state index contributed by atoms with van der Waals surface area (Å²) in [6.45, 7) is 3.02. The summed E-state index contributed by atoms with van der Waals surface area (Å²) in [6.07, 6.45) is 2.62. The van der Waals surface area contributed by atoms with Crippen molar-refractivity contribution in [2.75, 3.05) is 7.05 Å². The van der Waals surface area contributed by atoms with Crippen LogP contribution < -0.4 is 10.6 Å². The number of aliphatic imine (C=N–C) groups is 1. The van der Waals surface area contributed by atoms with E-state index in [9.17, 15) is 4.39 Å². The predicted molar refractivity (Wildman–Crippen MR) is 96.0 cm³/mol. The van der Waals surface area contributed by atoms with Gasteiger partial charge in [-0.3, -0.25) is 4.99 Å². The van der Waals surface area contributed by atoms with Crippen molar-refractivity contribution in [2.45, 2.75) is 45.3 Å². The first-order valence-corrected chi connectivity index (χ1v) is 8.71. The summed E-state index contributed by atoms with van der Waals surface area (Å²) in [5, 5.41) is 19.9. The Labute approximate surface area is 152 Å². The summed E-state index contributed by atoms with van der Waals surface area (Å²) < 4.78 is 15.8. The van der Waals surface area contributed by atoms with Gasteiger partial charge in [-0.25, -0.2) is 14.1 Å². The molecular formula is C18H22FN7. The van der Waals surface area contributed by atoms with Crippen molar-refractivity contribution in [3.05, 3.63) is 46.8 Å². The smallest absolute Gasteiger partial charge is 0.191 e. The van der Waals surface area contributed by atoms with E-state index in [2.05, 4.69) is 25.7 Å². The number of aromatic nitrogens is 3. The third kappa shape index (κ3) is 3.99. The van der Waals surface area contributed by atoms with Gasteiger partial charge in [0.15, 0.2) is 11.8 Å². The highest BCUT2D eigenvalue weighted by Gasteiger charge is 2.22. The molecule has 1 aliphatic heterocycles. The van der Waals surface area contributed by atoms with Gasteiger partial charge in [0.25, 0.3) is 0 Å². The molecule has 0 saturated carbocycles. The molecule has 1 atom stereocenters. The highest BCUT2D eigenvalue weighted by molar-refractivity contribution is 5.80. The molecule has 0 fully saturated rings. The van der Waals surface area contributed by atoms with Gasteiger partial charge in [-0.2, -0.15) is 10.4 Å². The summed E-state index contributed by atoms with van der Waals surface area (Å²) in [6, 6.07) is 6.52. The highest BCUT2D eigenvalue weighted by atomic mass is 19.1. The third-order valence-electron chi connectivity index (χ3n) is 4.40. The molecule has 26 heavy (non-hydrogen) atoms. The second kappa shape index (κ2) is 7.95. The van der Waals surface area contributed by atoms with E-state index in [4.69, 9.17) is 5.26 Å². The molecule has 7 nitrogen and oxygen atoms in total. The van der Waals surface area contributed by atoms with Gasteiger partial charge in [0, 0.05) is 38.0 Å². The number of nitrogens with zero attached hydrogens (tertiary/aromatic N) is 5. The van der Waals surface area contributed by atoms with E-state index in [1.54, 1.807) is 13.1 Å². The van der Waals surface area contributed by atoms with Crippen LogP contribution in [-0.2, 0) is 25.9 Å². The Morgan fingerprint density at radius 1 is 1.50 bits per heavy atom. The number of benzene rings is 1. The van der Waals surface area contributed by atoms with Gasteiger partial charge in [-0.15, -0.1) is 0 Å². The average Bonchev–Trinajstić information content (AvgIpc) is 3.08. The van der Waals surface area contributed by atoms with Crippen molar-refractivity contribution in [3.63, 3.8) is 0 Å². The largest absolute Gasteiger partial charge is 0.352 e. The molecule has 0 aliphatic carbocycles. The number of rotatable bonds is 4. The Hall–Kier alpha value is -2.95. The number of fused-ring (bicyclic) bond motifs is 1. The lowest BCUT2D eigenvalue weighted by Gasteiger charge is -2.25. The summed E-state index contributed by atoms with van der Waals surface area (Å²) in [5.74, 6) is 2.15. The second-order valence-electron chi connectivity index (χ2n) is 6.20. The van der Waals surface area contributed by atoms with Crippen LogP contribution in [0.4, 0.5) is 4.39 Å². The molecule has 0 saturated heterocycles. The van der Waals surface area contributed by atoms with Crippen molar-refractivity contribution < 1.29 is 4.39 Å². The maximum absolute atomic E-state index is 13.9. The maximum Gasteiger partial charge on any atom is 0.191 e. The van der Waals surface area contributed by atoms with Gasteiger partial charge in [0.2, 0.25) is 0 Å². The zero-order chi connectivity index (χ0) is 18.5. The molecule has 2 N–H and O–H groups in total. The Balaban J connectivity index is 1.60. The van der Waals surface area contributed by atoms with Crippen molar-refractivity contribution in [2.24, 2.45) is 4.99 Å². The summed E-state index contributed by atoms with van der Waals surface area (Å²) >= 11 is 0. The number of hydrogen-bond acceptors (Lipinski definition) is 4. The predicted octanol–water partition coefficient (Wildman–Crippen LogP) is 1.53. The maximum atomic E-state index is 13.9. The van der Waals surface area contributed by atoms with Crippen LogP contribution in [-0.4, -0.2) is 33.8 Å². The molecule has 136 valence electrons.